The first-order chi connectivity index (χ1) is 11.1. The third-order valence-electron chi connectivity index (χ3n) is 3.73. The van der Waals surface area contributed by atoms with E-state index in [9.17, 15) is 35.9 Å². The van der Waals surface area contributed by atoms with Gasteiger partial charge in [0.15, 0.2) is 0 Å². The van der Waals surface area contributed by atoms with E-state index >= 15 is 0 Å². The van der Waals surface area contributed by atoms with Crippen LogP contribution in [0.5, 0.6) is 5.75 Å². The third-order valence-corrected chi connectivity index (χ3v) is 5.44. The summed E-state index contributed by atoms with van der Waals surface area (Å²) in [5.74, 6) is -0.792. The Morgan fingerprint density at radius 1 is 0.846 bits per heavy atom. The first-order valence-corrected chi connectivity index (χ1v) is 9.56. The number of rotatable bonds is 3. The fraction of sp³-hybridized carbons (Fsp3) is 0.625. The minimum absolute atomic E-state index is 0.0534. The number of alkyl halides is 5. The maximum atomic E-state index is 14.2. The summed E-state index contributed by atoms with van der Waals surface area (Å²) in [4.78, 5) is 18.5. The van der Waals surface area contributed by atoms with Crippen LogP contribution in [0.1, 0.15) is 52.7 Å². The van der Waals surface area contributed by atoms with Crippen LogP contribution >= 0.6 is 7.59 Å². The number of hydrogen-bond donors (Lipinski definition) is 2. The molecule has 26 heavy (non-hydrogen) atoms. The molecule has 0 unspecified atom stereocenters. The van der Waals surface area contributed by atoms with Gasteiger partial charge >= 0.3 is 147 Å². The maximum absolute atomic E-state index is 14.2. The molecular formula is C16H23F6O3P. The zero-order valence-corrected chi connectivity index (χ0v) is 16.1. The molecule has 0 radical (unpaired) electrons. The predicted molar refractivity (Wildman–Crippen MR) is 87.9 cm³/mol. The van der Waals surface area contributed by atoms with Gasteiger partial charge < -0.3 is 0 Å². The Kier molecular flexibility index (Phi) is 5.28. The predicted octanol–water partition coefficient (Wildman–Crippen LogP) is 5.98. The number of benzene rings is 1. The molecule has 0 aliphatic heterocycles. The fourth-order valence-corrected chi connectivity index (χ4v) is 3.16. The Balaban J connectivity index is 3.58. The van der Waals surface area contributed by atoms with Crippen LogP contribution < -0.4 is 4.52 Å². The topological polar surface area (TPSA) is 49.7 Å². The Hall–Kier alpha value is -1.05. The SMILES string of the molecule is CC(C)(C)c1ccc(OP(O)(O)(F)C(F)(F)C(F)(F)F)c(C(C)(C)C)c1. The van der Waals surface area contributed by atoms with Crippen molar-refractivity contribution in [2.45, 2.75) is 64.2 Å². The molecule has 0 aromatic heterocycles. The molecular weight excluding hydrogens is 385 g/mol. The second-order valence-corrected chi connectivity index (χ2v) is 10.6. The molecule has 0 atom stereocenters. The zero-order valence-electron chi connectivity index (χ0n) is 15.2. The van der Waals surface area contributed by atoms with E-state index in [1.165, 1.54) is 12.1 Å². The summed E-state index contributed by atoms with van der Waals surface area (Å²) < 4.78 is 82.4. The van der Waals surface area contributed by atoms with Crippen molar-refractivity contribution >= 4 is 7.59 Å². The van der Waals surface area contributed by atoms with Gasteiger partial charge in [-0.2, -0.15) is 0 Å². The van der Waals surface area contributed by atoms with Crippen LogP contribution in [0.15, 0.2) is 18.2 Å². The van der Waals surface area contributed by atoms with E-state index in [2.05, 4.69) is 4.52 Å². The Morgan fingerprint density at radius 3 is 1.65 bits per heavy atom. The molecule has 10 heteroatoms. The second kappa shape index (κ2) is 5.97. The minimum atomic E-state index is -8.43. The molecule has 3 nitrogen and oxygen atoms in total. The normalized spacial score (nSPS) is 16.2. The summed E-state index contributed by atoms with van der Waals surface area (Å²) in [6.07, 6.45) is -6.55. The van der Waals surface area contributed by atoms with Gasteiger partial charge in [-0.05, 0) is 0 Å². The van der Waals surface area contributed by atoms with E-state index in [4.69, 9.17) is 0 Å². The molecule has 0 fully saturated rings. The summed E-state index contributed by atoms with van der Waals surface area (Å²) >= 11 is 0. The van der Waals surface area contributed by atoms with E-state index < -0.39 is 36.0 Å². The third kappa shape index (κ3) is 4.26. The molecule has 0 aliphatic rings. The molecule has 0 heterocycles. The van der Waals surface area contributed by atoms with E-state index in [1.54, 1.807) is 20.8 Å². The van der Waals surface area contributed by atoms with Gasteiger partial charge in [0.1, 0.15) is 0 Å². The van der Waals surface area contributed by atoms with Crippen LogP contribution in [-0.4, -0.2) is 21.6 Å². The summed E-state index contributed by atoms with van der Waals surface area (Å²) in [7, 11) is -8.43. The van der Waals surface area contributed by atoms with Crippen molar-refractivity contribution in [1.29, 1.82) is 0 Å². The van der Waals surface area contributed by atoms with Crippen molar-refractivity contribution in [3.63, 3.8) is 0 Å². The molecule has 1 aromatic rings. The fourth-order valence-electron chi connectivity index (χ4n) is 2.11. The zero-order chi connectivity index (χ0) is 21.0. The average Bonchev–Trinajstić information content (AvgIpc) is 2.33. The van der Waals surface area contributed by atoms with E-state index in [-0.39, 0.29) is 5.56 Å². The Bertz CT molecular complexity index is 678. The molecule has 0 bridgehead atoms. The van der Waals surface area contributed by atoms with Crippen molar-refractivity contribution in [3.05, 3.63) is 29.3 Å². The summed E-state index contributed by atoms with van der Waals surface area (Å²) in [6.45, 7) is 10.3. The van der Waals surface area contributed by atoms with Crippen molar-refractivity contribution in [1.82, 2.24) is 0 Å². The van der Waals surface area contributed by atoms with Gasteiger partial charge in [-0.1, -0.05) is 0 Å². The van der Waals surface area contributed by atoms with Crippen molar-refractivity contribution in [2.75, 3.05) is 0 Å². The number of halogens is 6. The quantitative estimate of drug-likeness (QED) is 0.478. The van der Waals surface area contributed by atoms with Gasteiger partial charge in [-0.15, -0.1) is 0 Å². The Morgan fingerprint density at radius 2 is 1.31 bits per heavy atom. The first kappa shape index (κ1) is 23.0. The molecule has 0 saturated carbocycles. The van der Waals surface area contributed by atoms with Gasteiger partial charge in [0, 0.05) is 0 Å². The molecule has 152 valence electrons. The van der Waals surface area contributed by atoms with Crippen LogP contribution in [-0.2, 0) is 10.8 Å². The second-order valence-electron chi connectivity index (χ2n) is 8.19. The van der Waals surface area contributed by atoms with Gasteiger partial charge in [0.25, 0.3) is 0 Å². The van der Waals surface area contributed by atoms with Crippen LogP contribution in [0.25, 0.3) is 0 Å². The van der Waals surface area contributed by atoms with Crippen molar-refractivity contribution in [3.8, 4) is 5.75 Å². The van der Waals surface area contributed by atoms with Crippen LogP contribution in [0.2, 0.25) is 0 Å². The van der Waals surface area contributed by atoms with E-state index in [0.29, 0.717) is 5.56 Å². The van der Waals surface area contributed by atoms with Crippen LogP contribution in [0.4, 0.5) is 26.1 Å². The Labute approximate surface area is 148 Å². The molecule has 0 spiro atoms. The van der Waals surface area contributed by atoms with Crippen molar-refractivity contribution < 1.29 is 40.5 Å². The molecule has 2 N–H and O–H groups in total. The summed E-state index contributed by atoms with van der Waals surface area (Å²) in [6, 6.07) is 3.75. The van der Waals surface area contributed by atoms with Gasteiger partial charge in [0.05, 0.1) is 0 Å². The van der Waals surface area contributed by atoms with E-state index in [1.807, 2.05) is 20.8 Å². The van der Waals surface area contributed by atoms with Gasteiger partial charge in [-0.3, -0.25) is 0 Å². The van der Waals surface area contributed by atoms with Crippen molar-refractivity contribution in [2.24, 2.45) is 0 Å². The monoisotopic (exact) mass is 408 g/mol. The van der Waals surface area contributed by atoms with Gasteiger partial charge in [0.2, 0.25) is 0 Å². The molecule has 0 aliphatic carbocycles. The van der Waals surface area contributed by atoms with Gasteiger partial charge in [-0.25, -0.2) is 0 Å². The molecule has 1 aromatic carbocycles. The average molecular weight is 408 g/mol. The first-order valence-electron chi connectivity index (χ1n) is 7.61. The number of hydrogen-bond acceptors (Lipinski definition) is 3. The van der Waals surface area contributed by atoms with Crippen LogP contribution in [0, 0.1) is 0 Å². The van der Waals surface area contributed by atoms with Crippen LogP contribution in [0.3, 0.4) is 0 Å². The van der Waals surface area contributed by atoms with E-state index in [0.717, 1.165) is 6.07 Å². The summed E-state index contributed by atoms with van der Waals surface area (Å²) in [5.41, 5.74) is -7.03. The summed E-state index contributed by atoms with van der Waals surface area (Å²) in [5, 5.41) is 0. The molecule has 1 rings (SSSR count). The standard InChI is InChI=1S/C16H23F6O3P/c1-13(2,3)10-7-8-12(11(9-10)14(4,5)6)25-26(22,23,24)16(20,21)15(17,18)19/h7-9,23-24H,1-6H3. The molecule has 0 amide bonds. The molecule has 0 saturated heterocycles.